The summed E-state index contributed by atoms with van der Waals surface area (Å²) in [7, 11) is 0. The normalized spacial score (nSPS) is 13.6. The number of amides is 1. The van der Waals surface area contributed by atoms with Gasteiger partial charge < -0.3 is 10.6 Å². The Hall–Kier alpha value is -1.88. The number of nitrogens with zero attached hydrogens (tertiary/aromatic N) is 1. The van der Waals surface area contributed by atoms with Gasteiger partial charge in [0.15, 0.2) is 0 Å². The van der Waals surface area contributed by atoms with Crippen molar-refractivity contribution in [2.45, 2.75) is 19.8 Å². The fourth-order valence-electron chi connectivity index (χ4n) is 2.22. The zero-order valence-corrected chi connectivity index (χ0v) is 12.6. The summed E-state index contributed by atoms with van der Waals surface area (Å²) in [6.07, 6.45) is 3.12. The van der Waals surface area contributed by atoms with Gasteiger partial charge in [0.1, 0.15) is 5.82 Å². The molecule has 1 aromatic carbocycles. The maximum atomic E-state index is 11.3. The molecule has 5 heteroatoms. The monoisotopic (exact) mass is 331 g/mol. The van der Waals surface area contributed by atoms with E-state index >= 15 is 0 Å². The first kappa shape index (κ1) is 13.1. The molecule has 20 heavy (non-hydrogen) atoms. The van der Waals surface area contributed by atoms with Gasteiger partial charge in [-0.2, -0.15) is 0 Å². The molecule has 0 saturated carbocycles. The van der Waals surface area contributed by atoms with E-state index in [4.69, 9.17) is 0 Å². The van der Waals surface area contributed by atoms with Crippen LogP contribution in [-0.2, 0) is 11.2 Å². The molecule has 2 aromatic rings. The van der Waals surface area contributed by atoms with Crippen molar-refractivity contribution in [3.63, 3.8) is 0 Å². The second kappa shape index (κ2) is 5.25. The molecule has 0 saturated heterocycles. The lowest BCUT2D eigenvalue weighted by molar-refractivity contribution is -0.116. The van der Waals surface area contributed by atoms with Crippen LogP contribution in [0.3, 0.4) is 0 Å². The van der Waals surface area contributed by atoms with Crippen molar-refractivity contribution in [1.29, 1.82) is 0 Å². The van der Waals surface area contributed by atoms with Crippen molar-refractivity contribution in [2.24, 2.45) is 0 Å². The molecule has 0 spiro atoms. The number of aryl methyl sites for hydroxylation is 2. The zero-order chi connectivity index (χ0) is 14.1. The molecule has 0 atom stereocenters. The van der Waals surface area contributed by atoms with Gasteiger partial charge >= 0.3 is 0 Å². The minimum Gasteiger partial charge on any atom is -0.340 e. The molecule has 102 valence electrons. The number of rotatable bonds is 2. The number of carbonyl (C=O) groups excluding carboxylic acids is 1. The standard InChI is InChI=1S/C15H14BrN3O/c1-9-6-14(17-8-12(9)16)18-11-3-4-13-10(7-11)2-5-15(20)19-13/h3-4,6-8H,2,5H2,1H3,(H,17,18)(H,19,20). The summed E-state index contributed by atoms with van der Waals surface area (Å²) in [6.45, 7) is 2.03. The Morgan fingerprint density at radius 2 is 2.15 bits per heavy atom. The van der Waals surface area contributed by atoms with E-state index < -0.39 is 0 Å². The smallest absolute Gasteiger partial charge is 0.224 e. The number of anilines is 3. The summed E-state index contributed by atoms with van der Waals surface area (Å²) in [5.41, 5.74) is 4.18. The average Bonchev–Trinajstić information content (AvgIpc) is 2.43. The quantitative estimate of drug-likeness (QED) is 0.880. The van der Waals surface area contributed by atoms with Gasteiger partial charge in [-0.1, -0.05) is 0 Å². The Balaban J connectivity index is 1.84. The van der Waals surface area contributed by atoms with Crippen LogP contribution in [0.25, 0.3) is 0 Å². The number of nitrogens with one attached hydrogen (secondary N) is 2. The third kappa shape index (κ3) is 2.67. The van der Waals surface area contributed by atoms with Crippen LogP contribution in [0.1, 0.15) is 17.5 Å². The number of benzene rings is 1. The first-order valence-corrected chi connectivity index (χ1v) is 7.23. The fourth-order valence-corrected chi connectivity index (χ4v) is 2.43. The molecule has 1 aromatic heterocycles. The zero-order valence-electron chi connectivity index (χ0n) is 11.0. The van der Waals surface area contributed by atoms with E-state index in [1.165, 1.54) is 0 Å². The van der Waals surface area contributed by atoms with Crippen molar-refractivity contribution >= 4 is 39.0 Å². The highest BCUT2D eigenvalue weighted by Gasteiger charge is 2.14. The van der Waals surface area contributed by atoms with E-state index in [9.17, 15) is 4.79 Å². The number of fused-ring (bicyclic) bond motifs is 1. The number of hydrogen-bond acceptors (Lipinski definition) is 3. The predicted molar refractivity (Wildman–Crippen MR) is 83.3 cm³/mol. The molecule has 4 nitrogen and oxygen atoms in total. The number of aromatic nitrogens is 1. The molecule has 3 rings (SSSR count). The highest BCUT2D eigenvalue weighted by Crippen LogP contribution is 2.27. The first-order chi connectivity index (χ1) is 9.61. The Labute approximate surface area is 125 Å². The van der Waals surface area contributed by atoms with Crippen molar-refractivity contribution in [3.05, 3.63) is 46.1 Å². The Morgan fingerprint density at radius 3 is 2.95 bits per heavy atom. The van der Waals surface area contributed by atoms with Crippen LogP contribution in [0, 0.1) is 6.92 Å². The van der Waals surface area contributed by atoms with E-state index in [1.54, 1.807) is 6.20 Å². The van der Waals surface area contributed by atoms with E-state index in [-0.39, 0.29) is 5.91 Å². The second-order valence-corrected chi connectivity index (χ2v) is 5.72. The van der Waals surface area contributed by atoms with Gasteiger partial charge in [0.05, 0.1) is 0 Å². The molecule has 0 bridgehead atoms. The lowest BCUT2D eigenvalue weighted by atomic mass is 10.0. The summed E-state index contributed by atoms with van der Waals surface area (Å²) >= 11 is 3.44. The number of pyridine rings is 1. The van der Waals surface area contributed by atoms with Gasteiger partial charge in [0, 0.05) is 28.5 Å². The second-order valence-electron chi connectivity index (χ2n) is 4.86. The maximum Gasteiger partial charge on any atom is 0.224 e. The Bertz CT molecular complexity index is 685. The van der Waals surface area contributed by atoms with E-state index in [0.717, 1.165) is 39.2 Å². The van der Waals surface area contributed by atoms with Crippen LogP contribution in [-0.4, -0.2) is 10.9 Å². The molecule has 2 N–H and O–H groups in total. The van der Waals surface area contributed by atoms with Gasteiger partial charge in [0.25, 0.3) is 0 Å². The molecule has 1 aliphatic heterocycles. The van der Waals surface area contributed by atoms with Crippen LogP contribution in [0.5, 0.6) is 0 Å². The van der Waals surface area contributed by atoms with Crippen LogP contribution in [0.15, 0.2) is 34.9 Å². The van der Waals surface area contributed by atoms with Crippen LogP contribution < -0.4 is 10.6 Å². The van der Waals surface area contributed by atoms with E-state index in [1.807, 2.05) is 25.1 Å². The molecule has 1 aliphatic rings. The largest absolute Gasteiger partial charge is 0.340 e. The van der Waals surface area contributed by atoms with Gasteiger partial charge in [0.2, 0.25) is 5.91 Å². The van der Waals surface area contributed by atoms with Gasteiger partial charge in [-0.05, 0) is 64.7 Å². The average molecular weight is 332 g/mol. The van der Waals surface area contributed by atoms with Crippen molar-refractivity contribution in [1.82, 2.24) is 4.98 Å². The Kier molecular flexibility index (Phi) is 3.44. The van der Waals surface area contributed by atoms with Crippen molar-refractivity contribution in [3.8, 4) is 0 Å². The molecular formula is C15H14BrN3O. The summed E-state index contributed by atoms with van der Waals surface area (Å²) in [5, 5.41) is 6.17. The minimum atomic E-state index is 0.0865. The molecule has 2 heterocycles. The highest BCUT2D eigenvalue weighted by molar-refractivity contribution is 9.10. The highest BCUT2D eigenvalue weighted by atomic mass is 79.9. The SMILES string of the molecule is Cc1cc(Nc2ccc3c(c2)CCC(=O)N3)ncc1Br. The molecule has 1 amide bonds. The van der Waals surface area contributed by atoms with Crippen LogP contribution in [0.4, 0.5) is 17.2 Å². The number of carbonyl (C=O) groups is 1. The molecule has 0 aliphatic carbocycles. The van der Waals surface area contributed by atoms with E-state index in [2.05, 4.69) is 37.6 Å². The summed E-state index contributed by atoms with van der Waals surface area (Å²) in [5.74, 6) is 0.897. The van der Waals surface area contributed by atoms with Crippen molar-refractivity contribution in [2.75, 3.05) is 10.6 Å². The number of hydrogen-bond donors (Lipinski definition) is 2. The lowest BCUT2D eigenvalue weighted by Gasteiger charge is -2.18. The third-order valence-electron chi connectivity index (χ3n) is 3.32. The lowest BCUT2D eigenvalue weighted by Crippen LogP contribution is -2.18. The third-order valence-corrected chi connectivity index (χ3v) is 4.15. The van der Waals surface area contributed by atoms with Crippen LogP contribution >= 0.6 is 15.9 Å². The molecule has 0 unspecified atom stereocenters. The van der Waals surface area contributed by atoms with E-state index in [0.29, 0.717) is 6.42 Å². The fraction of sp³-hybridized carbons (Fsp3) is 0.200. The molecule has 0 radical (unpaired) electrons. The topological polar surface area (TPSA) is 54.0 Å². The van der Waals surface area contributed by atoms with Gasteiger partial charge in [-0.15, -0.1) is 0 Å². The van der Waals surface area contributed by atoms with Gasteiger partial charge in [-0.25, -0.2) is 4.98 Å². The molecular weight excluding hydrogens is 318 g/mol. The summed E-state index contributed by atoms with van der Waals surface area (Å²) in [4.78, 5) is 15.7. The van der Waals surface area contributed by atoms with Gasteiger partial charge in [-0.3, -0.25) is 4.79 Å². The van der Waals surface area contributed by atoms with Crippen LogP contribution in [0.2, 0.25) is 0 Å². The first-order valence-electron chi connectivity index (χ1n) is 6.44. The minimum absolute atomic E-state index is 0.0865. The Morgan fingerprint density at radius 1 is 1.30 bits per heavy atom. The maximum absolute atomic E-state index is 11.3. The summed E-state index contributed by atoms with van der Waals surface area (Å²) in [6, 6.07) is 7.93. The van der Waals surface area contributed by atoms with Crippen molar-refractivity contribution < 1.29 is 4.79 Å². The summed E-state index contributed by atoms with van der Waals surface area (Å²) < 4.78 is 0.996. The number of halogens is 1. The predicted octanol–water partition coefficient (Wildman–Crippen LogP) is 3.78. The molecule has 0 fully saturated rings.